The lowest BCUT2D eigenvalue weighted by molar-refractivity contribution is -0.117. The molecule has 0 unspecified atom stereocenters. The Labute approximate surface area is 147 Å². The smallest absolute Gasteiger partial charge is 0.256 e. The van der Waals surface area contributed by atoms with Crippen LogP contribution in [0.1, 0.15) is 62.7 Å². The van der Waals surface area contributed by atoms with Crippen LogP contribution in [0.4, 0.5) is 14.5 Å². The van der Waals surface area contributed by atoms with Crippen LogP contribution in [0.25, 0.3) is 0 Å². The second-order valence-electron chi connectivity index (χ2n) is 6.55. The lowest BCUT2D eigenvalue weighted by atomic mass is 9.87. The normalized spacial score (nSPS) is 15.0. The molecule has 2 amide bonds. The molecule has 4 nitrogen and oxygen atoms in total. The zero-order valence-corrected chi connectivity index (χ0v) is 14.9. The number of carbonyl (C=O) groups excluding carboxylic acids is 2. The van der Waals surface area contributed by atoms with Crippen LogP contribution in [0.3, 0.4) is 0 Å². The van der Waals surface area contributed by atoms with Crippen molar-refractivity contribution in [2.24, 2.45) is 5.92 Å². The Hall–Kier alpha value is -1.98. The molecule has 1 saturated carbocycles. The second kappa shape index (κ2) is 8.92. The minimum Gasteiger partial charge on any atom is -0.339 e. The summed E-state index contributed by atoms with van der Waals surface area (Å²) in [6.45, 7) is 4.43. The highest BCUT2D eigenvalue weighted by Crippen LogP contribution is 2.27. The fraction of sp³-hybridized carbons (Fsp3) is 0.579. The highest BCUT2D eigenvalue weighted by Gasteiger charge is 2.22. The van der Waals surface area contributed by atoms with Gasteiger partial charge in [0.2, 0.25) is 5.91 Å². The molecule has 0 aliphatic heterocycles. The highest BCUT2D eigenvalue weighted by molar-refractivity contribution is 5.97. The number of benzene rings is 1. The van der Waals surface area contributed by atoms with E-state index in [4.69, 9.17) is 0 Å². The highest BCUT2D eigenvalue weighted by atomic mass is 19.1. The van der Waals surface area contributed by atoms with Crippen molar-refractivity contribution in [1.29, 1.82) is 0 Å². The molecule has 0 aromatic heterocycles. The van der Waals surface area contributed by atoms with Gasteiger partial charge in [-0.2, -0.15) is 0 Å². The first-order valence-electron chi connectivity index (χ1n) is 9.04. The van der Waals surface area contributed by atoms with E-state index in [2.05, 4.69) is 5.32 Å². The van der Waals surface area contributed by atoms with Gasteiger partial charge < -0.3 is 10.2 Å². The third-order valence-corrected chi connectivity index (χ3v) is 4.81. The second-order valence-corrected chi connectivity index (χ2v) is 6.55. The Morgan fingerprint density at radius 3 is 2.32 bits per heavy atom. The van der Waals surface area contributed by atoms with Gasteiger partial charge in [-0.05, 0) is 38.7 Å². The number of nitrogens with zero attached hydrogens (tertiary/aromatic N) is 1. The fourth-order valence-electron chi connectivity index (χ4n) is 3.34. The van der Waals surface area contributed by atoms with E-state index < -0.39 is 17.5 Å². The summed E-state index contributed by atoms with van der Waals surface area (Å²) in [6.07, 6.45) is 5.77. The van der Waals surface area contributed by atoms with Gasteiger partial charge in [-0.15, -0.1) is 0 Å². The van der Waals surface area contributed by atoms with Crippen molar-refractivity contribution < 1.29 is 18.4 Å². The van der Waals surface area contributed by atoms with Crippen molar-refractivity contribution in [2.45, 2.75) is 52.4 Å². The summed E-state index contributed by atoms with van der Waals surface area (Å²) in [5, 5.41) is 2.50. The molecule has 1 aromatic rings. The Morgan fingerprint density at radius 1 is 1.08 bits per heavy atom. The topological polar surface area (TPSA) is 49.4 Å². The van der Waals surface area contributed by atoms with E-state index in [1.165, 1.54) is 11.3 Å². The van der Waals surface area contributed by atoms with E-state index in [-0.39, 0.29) is 17.2 Å². The molecule has 1 aliphatic rings. The lowest BCUT2D eigenvalue weighted by Crippen LogP contribution is -2.31. The number of rotatable bonds is 6. The van der Waals surface area contributed by atoms with Gasteiger partial charge in [-0.3, -0.25) is 9.59 Å². The van der Waals surface area contributed by atoms with E-state index in [1.807, 2.05) is 0 Å². The number of hydrogen-bond acceptors (Lipinski definition) is 2. The average Bonchev–Trinajstić information content (AvgIpc) is 2.59. The number of anilines is 1. The van der Waals surface area contributed by atoms with Gasteiger partial charge in [-0.25, -0.2) is 8.78 Å². The van der Waals surface area contributed by atoms with Crippen LogP contribution >= 0.6 is 0 Å². The lowest BCUT2D eigenvalue weighted by Gasteiger charge is -2.21. The molecule has 1 aliphatic carbocycles. The van der Waals surface area contributed by atoms with Crippen molar-refractivity contribution in [3.8, 4) is 0 Å². The van der Waals surface area contributed by atoms with Crippen molar-refractivity contribution in [2.75, 3.05) is 18.4 Å². The van der Waals surface area contributed by atoms with Crippen molar-refractivity contribution >= 4 is 17.5 Å². The predicted molar refractivity (Wildman–Crippen MR) is 93.4 cm³/mol. The summed E-state index contributed by atoms with van der Waals surface area (Å²) in [5.74, 6) is -2.27. The van der Waals surface area contributed by atoms with E-state index in [1.54, 1.807) is 13.8 Å². The summed E-state index contributed by atoms with van der Waals surface area (Å²) in [6, 6.07) is 1.76. The molecule has 6 heteroatoms. The van der Waals surface area contributed by atoms with Crippen LogP contribution in [-0.4, -0.2) is 29.8 Å². The van der Waals surface area contributed by atoms with Gasteiger partial charge in [0.05, 0.1) is 11.3 Å². The minimum atomic E-state index is -0.917. The molecule has 1 fully saturated rings. The minimum absolute atomic E-state index is 0.141. The fourth-order valence-corrected chi connectivity index (χ4v) is 3.34. The maximum absolute atomic E-state index is 14.0. The first-order chi connectivity index (χ1) is 12.0. The standard InChI is InChI=1S/C19H26F2N2O2/c1-3-23(4-2)19(25)14-11-17(16(21)12-15(14)20)22-18(24)10-13-8-6-5-7-9-13/h11-13H,3-10H2,1-2H3,(H,22,24). The Kier molecular flexibility index (Phi) is 6.91. The van der Waals surface area contributed by atoms with Gasteiger partial charge >= 0.3 is 0 Å². The molecular weight excluding hydrogens is 326 g/mol. The molecule has 0 heterocycles. The number of carbonyl (C=O) groups is 2. The largest absolute Gasteiger partial charge is 0.339 e. The van der Waals surface area contributed by atoms with Gasteiger partial charge in [0.25, 0.3) is 5.91 Å². The van der Waals surface area contributed by atoms with E-state index in [0.29, 0.717) is 31.5 Å². The molecule has 0 saturated heterocycles. The van der Waals surface area contributed by atoms with Crippen LogP contribution in [0.5, 0.6) is 0 Å². The molecule has 0 atom stereocenters. The number of halogens is 2. The summed E-state index contributed by atoms with van der Waals surface area (Å²) in [7, 11) is 0. The van der Waals surface area contributed by atoms with Gasteiger partial charge in [0, 0.05) is 25.6 Å². The quantitative estimate of drug-likeness (QED) is 0.827. The van der Waals surface area contributed by atoms with Gasteiger partial charge in [0.1, 0.15) is 11.6 Å². The maximum Gasteiger partial charge on any atom is 0.256 e. The zero-order valence-electron chi connectivity index (χ0n) is 14.9. The number of nitrogens with one attached hydrogen (secondary N) is 1. The average molecular weight is 352 g/mol. The van der Waals surface area contributed by atoms with Gasteiger partial charge in [0.15, 0.2) is 0 Å². The first kappa shape index (κ1) is 19.3. The summed E-state index contributed by atoms with van der Waals surface area (Å²) in [5.41, 5.74) is -0.365. The molecular formula is C19H26F2N2O2. The maximum atomic E-state index is 14.0. The summed E-state index contributed by atoms with van der Waals surface area (Å²) < 4.78 is 28.0. The van der Waals surface area contributed by atoms with Crippen LogP contribution in [0.2, 0.25) is 0 Å². The molecule has 25 heavy (non-hydrogen) atoms. The molecule has 2 rings (SSSR count). The predicted octanol–water partition coefficient (Wildman–Crippen LogP) is 4.36. The number of hydrogen-bond donors (Lipinski definition) is 1. The number of amides is 2. The first-order valence-corrected chi connectivity index (χ1v) is 9.04. The summed E-state index contributed by atoms with van der Waals surface area (Å²) in [4.78, 5) is 26.0. The zero-order chi connectivity index (χ0) is 18.4. The van der Waals surface area contributed by atoms with Gasteiger partial charge in [-0.1, -0.05) is 19.3 Å². The SMILES string of the molecule is CCN(CC)C(=O)c1cc(NC(=O)CC2CCCCC2)c(F)cc1F. The Bertz CT molecular complexity index is 624. The van der Waals surface area contributed by atoms with Crippen LogP contribution in [-0.2, 0) is 4.79 Å². The van der Waals surface area contributed by atoms with E-state index >= 15 is 0 Å². The third-order valence-electron chi connectivity index (χ3n) is 4.81. The van der Waals surface area contributed by atoms with Crippen LogP contribution in [0.15, 0.2) is 12.1 Å². The molecule has 0 bridgehead atoms. The van der Waals surface area contributed by atoms with Crippen molar-refractivity contribution in [3.05, 3.63) is 29.3 Å². The molecule has 0 spiro atoms. The molecule has 138 valence electrons. The van der Waals surface area contributed by atoms with Crippen LogP contribution < -0.4 is 5.32 Å². The van der Waals surface area contributed by atoms with Crippen LogP contribution in [0, 0.1) is 17.6 Å². The van der Waals surface area contributed by atoms with E-state index in [0.717, 1.165) is 31.7 Å². The summed E-state index contributed by atoms with van der Waals surface area (Å²) >= 11 is 0. The third kappa shape index (κ3) is 5.00. The Balaban J connectivity index is 2.13. The Morgan fingerprint density at radius 2 is 1.72 bits per heavy atom. The molecule has 1 N–H and O–H groups in total. The van der Waals surface area contributed by atoms with Crippen molar-refractivity contribution in [1.82, 2.24) is 4.90 Å². The molecule has 0 radical (unpaired) electrons. The monoisotopic (exact) mass is 352 g/mol. The van der Waals surface area contributed by atoms with Crippen molar-refractivity contribution in [3.63, 3.8) is 0 Å². The molecule has 1 aromatic carbocycles. The van der Waals surface area contributed by atoms with E-state index in [9.17, 15) is 18.4 Å².